The van der Waals surface area contributed by atoms with Crippen LogP contribution in [0.15, 0.2) is 60.7 Å². The van der Waals surface area contributed by atoms with Gasteiger partial charge in [0.1, 0.15) is 6.54 Å². The van der Waals surface area contributed by atoms with Crippen LogP contribution in [0.3, 0.4) is 0 Å². The third kappa shape index (κ3) is 4.96. The van der Waals surface area contributed by atoms with Gasteiger partial charge in [-0.25, -0.2) is 0 Å². The molecular formula is C19H19ClN2O2. The number of hydrogen-bond acceptors (Lipinski definition) is 2. The maximum atomic E-state index is 12.6. The van der Waals surface area contributed by atoms with Gasteiger partial charge in [-0.15, -0.1) is 0 Å². The fourth-order valence-electron chi connectivity index (χ4n) is 2.36. The maximum Gasteiger partial charge on any atom is 0.247 e. The van der Waals surface area contributed by atoms with E-state index in [4.69, 9.17) is 17.3 Å². The van der Waals surface area contributed by atoms with Crippen molar-refractivity contribution in [2.24, 2.45) is 5.73 Å². The molecule has 2 aromatic carbocycles. The summed E-state index contributed by atoms with van der Waals surface area (Å²) in [6, 6.07) is 16.4. The fourth-order valence-corrected chi connectivity index (χ4v) is 2.56. The summed E-state index contributed by atoms with van der Waals surface area (Å²) in [5.41, 5.74) is 7.04. The van der Waals surface area contributed by atoms with E-state index >= 15 is 0 Å². The average Bonchev–Trinajstić information content (AvgIpc) is 2.57. The minimum absolute atomic E-state index is 0.144. The molecule has 4 nitrogen and oxygen atoms in total. The van der Waals surface area contributed by atoms with Gasteiger partial charge in [0.25, 0.3) is 0 Å². The van der Waals surface area contributed by atoms with E-state index in [1.54, 1.807) is 24.3 Å². The van der Waals surface area contributed by atoms with Crippen molar-refractivity contribution in [1.29, 1.82) is 0 Å². The van der Waals surface area contributed by atoms with Crippen LogP contribution in [-0.2, 0) is 9.59 Å². The van der Waals surface area contributed by atoms with Crippen molar-refractivity contribution in [3.8, 4) is 0 Å². The SMILES string of the molecule is C[C@H](c1ccccc1)N(CC(N)=O)C(=O)/C=C/c1cccc(Cl)c1. The smallest absolute Gasteiger partial charge is 0.247 e. The predicted molar refractivity (Wildman–Crippen MR) is 96.3 cm³/mol. The lowest BCUT2D eigenvalue weighted by Crippen LogP contribution is -2.39. The quantitative estimate of drug-likeness (QED) is 0.817. The third-order valence-electron chi connectivity index (χ3n) is 3.63. The van der Waals surface area contributed by atoms with Crippen LogP contribution in [0, 0.1) is 0 Å². The van der Waals surface area contributed by atoms with Gasteiger partial charge < -0.3 is 10.6 Å². The predicted octanol–water partition coefficient (Wildman–Crippen LogP) is 3.43. The first-order valence-electron chi connectivity index (χ1n) is 7.55. The molecule has 2 N–H and O–H groups in total. The van der Waals surface area contributed by atoms with E-state index in [9.17, 15) is 9.59 Å². The lowest BCUT2D eigenvalue weighted by atomic mass is 10.1. The van der Waals surface area contributed by atoms with Gasteiger partial charge >= 0.3 is 0 Å². The zero-order valence-corrected chi connectivity index (χ0v) is 14.1. The summed E-state index contributed by atoms with van der Waals surface area (Å²) in [5, 5.41) is 0.594. The van der Waals surface area contributed by atoms with Crippen LogP contribution in [0.5, 0.6) is 0 Å². The zero-order valence-electron chi connectivity index (χ0n) is 13.4. The largest absolute Gasteiger partial charge is 0.368 e. The van der Waals surface area contributed by atoms with E-state index < -0.39 is 5.91 Å². The van der Waals surface area contributed by atoms with Gasteiger partial charge in [0, 0.05) is 11.1 Å². The molecule has 0 heterocycles. The fraction of sp³-hybridized carbons (Fsp3) is 0.158. The number of benzene rings is 2. The van der Waals surface area contributed by atoms with Crippen LogP contribution < -0.4 is 5.73 Å². The van der Waals surface area contributed by atoms with Crippen molar-refractivity contribution in [2.75, 3.05) is 6.54 Å². The lowest BCUT2D eigenvalue weighted by molar-refractivity contribution is -0.133. The van der Waals surface area contributed by atoms with Crippen LogP contribution >= 0.6 is 11.6 Å². The number of carbonyl (C=O) groups excluding carboxylic acids is 2. The van der Waals surface area contributed by atoms with Crippen LogP contribution in [-0.4, -0.2) is 23.3 Å². The molecule has 1 atom stereocenters. The maximum absolute atomic E-state index is 12.6. The molecule has 5 heteroatoms. The van der Waals surface area contributed by atoms with Crippen molar-refractivity contribution in [3.63, 3.8) is 0 Å². The normalized spacial score (nSPS) is 12.1. The van der Waals surface area contributed by atoms with E-state index in [0.29, 0.717) is 5.02 Å². The van der Waals surface area contributed by atoms with E-state index in [-0.39, 0.29) is 18.5 Å². The number of carbonyl (C=O) groups is 2. The minimum atomic E-state index is -0.553. The van der Waals surface area contributed by atoms with Gasteiger partial charge in [0.15, 0.2) is 0 Å². The summed E-state index contributed by atoms with van der Waals surface area (Å²) in [6.07, 6.45) is 3.09. The molecule has 0 bridgehead atoms. The van der Waals surface area contributed by atoms with Gasteiger partial charge in [0.2, 0.25) is 11.8 Å². The lowest BCUT2D eigenvalue weighted by Gasteiger charge is -2.27. The van der Waals surface area contributed by atoms with E-state index in [1.807, 2.05) is 43.3 Å². The van der Waals surface area contributed by atoms with Gasteiger partial charge in [-0.05, 0) is 36.3 Å². The number of hydrogen-bond donors (Lipinski definition) is 1. The zero-order chi connectivity index (χ0) is 17.5. The molecule has 124 valence electrons. The molecule has 2 amide bonds. The molecule has 0 aliphatic carbocycles. The van der Waals surface area contributed by atoms with Gasteiger partial charge in [0.05, 0.1) is 6.04 Å². The van der Waals surface area contributed by atoms with Crippen molar-refractivity contribution in [3.05, 3.63) is 76.8 Å². The molecule has 0 aliphatic heterocycles. The van der Waals surface area contributed by atoms with Crippen LogP contribution in [0.4, 0.5) is 0 Å². The van der Waals surface area contributed by atoms with Crippen LogP contribution in [0.25, 0.3) is 6.08 Å². The van der Waals surface area contributed by atoms with Gasteiger partial charge in [-0.3, -0.25) is 9.59 Å². The molecule has 0 saturated heterocycles. The Kier molecular flexibility index (Phi) is 6.15. The van der Waals surface area contributed by atoms with E-state index in [1.165, 1.54) is 11.0 Å². The molecule has 0 unspecified atom stereocenters. The van der Waals surface area contributed by atoms with Crippen LogP contribution in [0.2, 0.25) is 5.02 Å². The second-order valence-electron chi connectivity index (χ2n) is 5.41. The number of primary amides is 1. The summed E-state index contributed by atoms with van der Waals surface area (Å²) in [6.45, 7) is 1.72. The Labute approximate surface area is 146 Å². The first kappa shape index (κ1) is 17.8. The Hall–Kier alpha value is -2.59. The van der Waals surface area contributed by atoms with Crippen molar-refractivity contribution < 1.29 is 9.59 Å². The highest BCUT2D eigenvalue weighted by molar-refractivity contribution is 6.30. The Morgan fingerprint density at radius 3 is 2.50 bits per heavy atom. The number of rotatable bonds is 6. The molecule has 0 aromatic heterocycles. The second kappa shape index (κ2) is 8.31. The van der Waals surface area contributed by atoms with E-state index in [0.717, 1.165) is 11.1 Å². The number of nitrogens with two attached hydrogens (primary N) is 1. The highest BCUT2D eigenvalue weighted by Crippen LogP contribution is 2.20. The number of amides is 2. The molecule has 2 aromatic rings. The van der Waals surface area contributed by atoms with Crippen molar-refractivity contribution in [1.82, 2.24) is 4.90 Å². The first-order chi connectivity index (χ1) is 11.5. The molecule has 24 heavy (non-hydrogen) atoms. The Balaban J connectivity index is 2.20. The van der Waals surface area contributed by atoms with Gasteiger partial charge in [-0.1, -0.05) is 54.1 Å². The molecule has 0 aliphatic rings. The summed E-state index contributed by atoms with van der Waals surface area (Å²) < 4.78 is 0. The topological polar surface area (TPSA) is 63.4 Å². The molecule has 2 rings (SSSR count). The van der Waals surface area contributed by atoms with Gasteiger partial charge in [-0.2, -0.15) is 0 Å². The molecule has 0 spiro atoms. The Morgan fingerprint density at radius 1 is 1.17 bits per heavy atom. The highest BCUT2D eigenvalue weighted by atomic mass is 35.5. The minimum Gasteiger partial charge on any atom is -0.368 e. The van der Waals surface area contributed by atoms with Crippen LogP contribution in [0.1, 0.15) is 24.1 Å². The summed E-state index contributed by atoms with van der Waals surface area (Å²) in [4.78, 5) is 25.3. The monoisotopic (exact) mass is 342 g/mol. The molecule has 0 radical (unpaired) electrons. The Bertz CT molecular complexity index is 744. The summed E-state index contributed by atoms with van der Waals surface area (Å²) >= 11 is 5.93. The van der Waals surface area contributed by atoms with Crippen molar-refractivity contribution >= 4 is 29.5 Å². The summed E-state index contributed by atoms with van der Waals surface area (Å²) in [5.74, 6) is -0.840. The second-order valence-corrected chi connectivity index (χ2v) is 5.84. The first-order valence-corrected chi connectivity index (χ1v) is 7.92. The summed E-state index contributed by atoms with van der Waals surface area (Å²) in [7, 11) is 0. The molecule has 0 saturated carbocycles. The number of nitrogens with zero attached hydrogens (tertiary/aromatic N) is 1. The molecular weight excluding hydrogens is 324 g/mol. The van der Waals surface area contributed by atoms with E-state index in [2.05, 4.69) is 0 Å². The molecule has 0 fully saturated rings. The third-order valence-corrected chi connectivity index (χ3v) is 3.86. The average molecular weight is 343 g/mol. The Morgan fingerprint density at radius 2 is 1.88 bits per heavy atom. The van der Waals surface area contributed by atoms with Crippen molar-refractivity contribution in [2.45, 2.75) is 13.0 Å². The number of halogens is 1. The highest BCUT2D eigenvalue weighted by Gasteiger charge is 2.21. The standard InChI is InChI=1S/C19H19ClN2O2/c1-14(16-7-3-2-4-8-16)22(13-18(21)23)19(24)11-10-15-6-5-9-17(20)12-15/h2-12,14H,13H2,1H3,(H2,21,23)/b11-10+/t14-/m1/s1.